The number of hydrogen-bond donors (Lipinski definition) is 0. The maximum Gasteiger partial charge on any atom is 0.159 e. The third-order valence-corrected chi connectivity index (χ3v) is 18.6. The van der Waals surface area contributed by atoms with Crippen molar-refractivity contribution in [3.63, 3.8) is 0 Å². The van der Waals surface area contributed by atoms with Gasteiger partial charge in [-0.1, -0.05) is 261 Å². The number of nitrogens with zero attached hydrogens (tertiary/aromatic N) is 2. The second kappa shape index (κ2) is 20.2. The number of hydrogen-bond acceptors (Lipinski definition) is 4. The van der Waals surface area contributed by atoms with Crippen molar-refractivity contribution in [3.05, 3.63) is 350 Å². The summed E-state index contributed by atoms with van der Waals surface area (Å²) < 4.78 is 14.0. The molecule has 1 aliphatic rings. The van der Waals surface area contributed by atoms with E-state index < -0.39 is 5.41 Å². The van der Waals surface area contributed by atoms with Gasteiger partial charge in [-0.15, -0.1) is 0 Å². The number of fused-ring (bicyclic) bond motifs is 16. The first-order valence-corrected chi connectivity index (χ1v) is 30.6. The lowest BCUT2D eigenvalue weighted by molar-refractivity contribution is 0.668. The Kier molecular flexibility index (Phi) is 11.5. The summed E-state index contributed by atoms with van der Waals surface area (Å²) in [7, 11) is 0. The van der Waals surface area contributed by atoms with Gasteiger partial charge < -0.3 is 18.6 Å². The van der Waals surface area contributed by atoms with Crippen molar-refractivity contribution < 1.29 is 8.83 Å². The molecule has 15 aromatic carbocycles. The maximum atomic E-state index is 7.05. The summed E-state index contributed by atoms with van der Waals surface area (Å²) in [6.45, 7) is 0. The average Bonchev–Trinajstić information content (AvgIpc) is 1.54. The van der Waals surface area contributed by atoms with Crippen LogP contribution >= 0.6 is 0 Å². The van der Waals surface area contributed by atoms with Gasteiger partial charge in [-0.3, -0.25) is 0 Å². The van der Waals surface area contributed by atoms with Crippen molar-refractivity contribution in [1.82, 2.24) is 0 Å². The molecule has 0 fully saturated rings. The molecule has 0 amide bonds. The highest BCUT2D eigenvalue weighted by Gasteiger charge is 2.49. The molecule has 18 rings (SSSR count). The van der Waals surface area contributed by atoms with E-state index in [1.165, 1.54) is 54.9 Å². The van der Waals surface area contributed by atoms with E-state index in [0.717, 1.165) is 111 Å². The molecule has 0 bridgehead atoms. The fourth-order valence-corrected chi connectivity index (χ4v) is 14.9. The molecule has 4 heteroatoms. The van der Waals surface area contributed by atoms with Crippen LogP contribution in [0.15, 0.2) is 336 Å². The molecule has 2 aromatic heterocycles. The van der Waals surface area contributed by atoms with Gasteiger partial charge in [0.15, 0.2) is 11.2 Å². The lowest BCUT2D eigenvalue weighted by atomic mass is 9.66. The number of furan rings is 2. The van der Waals surface area contributed by atoms with Crippen LogP contribution in [0, 0.1) is 0 Å². The predicted octanol–water partition coefficient (Wildman–Crippen LogP) is 23.6. The van der Waals surface area contributed by atoms with E-state index in [0.29, 0.717) is 0 Å². The Bertz CT molecular complexity index is 5590. The standard InChI is InChI=1S/C85H54N2O2/c1-5-25-55(26-6-1)57-29-21-35-61(51-57)86(75-45-23-43-71-66-39-17-19-47-78(66)88-83(71)75)63-49-50-70-73(53-63)64-37-13-15-41-68(64)81-80-69-42-16-14-38-65(69)77(54-74(80)85(82(70)81,59-31-9-3-10-32-59)60-33-11-4-12-34-60)87(62-36-22-30-58(52-62)56-27-7-2-8-28-56)76-46-24-44-72-67-40-18-20-48-79(67)89-84(72)76/h1-54H. The van der Waals surface area contributed by atoms with Gasteiger partial charge in [-0.05, 0) is 149 Å². The minimum absolute atomic E-state index is 0.828. The second-order valence-corrected chi connectivity index (χ2v) is 23.4. The molecule has 2 heterocycles. The van der Waals surface area contributed by atoms with Crippen LogP contribution in [0.4, 0.5) is 34.1 Å². The normalized spacial score (nSPS) is 12.6. The fraction of sp³-hybridized carbons (Fsp3) is 0.0118. The zero-order valence-electron chi connectivity index (χ0n) is 48.4. The highest BCUT2D eigenvalue weighted by molar-refractivity contribution is 6.25. The van der Waals surface area contributed by atoms with E-state index in [2.05, 4.69) is 337 Å². The van der Waals surface area contributed by atoms with Gasteiger partial charge in [0.05, 0.1) is 22.5 Å². The summed E-state index contributed by atoms with van der Waals surface area (Å²) in [6, 6.07) is 120. The first-order valence-electron chi connectivity index (χ1n) is 30.6. The molecule has 89 heavy (non-hydrogen) atoms. The molecular formula is C85H54N2O2. The van der Waals surface area contributed by atoms with E-state index in [4.69, 9.17) is 8.83 Å². The van der Waals surface area contributed by atoms with E-state index in [1.807, 2.05) is 0 Å². The summed E-state index contributed by atoms with van der Waals surface area (Å²) in [6.07, 6.45) is 0. The first-order chi connectivity index (χ1) is 44.2. The highest BCUT2D eigenvalue weighted by atomic mass is 16.3. The SMILES string of the molecule is c1ccc(-c2cccc(N(c3ccc4c5c(c6ccccc6c4c3)-c3c(cc(N(c4cccc(-c6ccccc6)c4)c4cccc6c4oc4ccccc46)c4ccccc34)C5(c3ccccc3)c3ccccc3)c3cccc4c3oc3ccccc34)c2)cc1. The van der Waals surface area contributed by atoms with Gasteiger partial charge in [0.2, 0.25) is 0 Å². The smallest absolute Gasteiger partial charge is 0.159 e. The molecule has 0 aliphatic heterocycles. The predicted molar refractivity (Wildman–Crippen MR) is 371 cm³/mol. The van der Waals surface area contributed by atoms with Gasteiger partial charge in [-0.25, -0.2) is 0 Å². The molecule has 416 valence electrons. The second-order valence-electron chi connectivity index (χ2n) is 23.4. The molecule has 1 aliphatic carbocycles. The number of benzene rings is 15. The Labute approximate surface area is 514 Å². The van der Waals surface area contributed by atoms with Crippen LogP contribution in [0.3, 0.4) is 0 Å². The molecule has 0 N–H and O–H groups in total. The Morgan fingerprint density at radius 3 is 1.21 bits per heavy atom. The maximum absolute atomic E-state index is 7.05. The Balaban J connectivity index is 0.955. The van der Waals surface area contributed by atoms with E-state index in [1.54, 1.807) is 0 Å². The van der Waals surface area contributed by atoms with Crippen LogP contribution in [0.25, 0.3) is 110 Å². The molecule has 0 spiro atoms. The Morgan fingerprint density at radius 1 is 0.236 bits per heavy atom. The molecule has 4 nitrogen and oxygen atoms in total. The zero-order valence-corrected chi connectivity index (χ0v) is 48.4. The summed E-state index contributed by atoms with van der Waals surface area (Å²) in [5.41, 5.74) is 20.4. The van der Waals surface area contributed by atoms with Gasteiger partial charge in [-0.2, -0.15) is 0 Å². The summed E-state index contributed by atoms with van der Waals surface area (Å²) >= 11 is 0. The Morgan fingerprint density at radius 2 is 0.652 bits per heavy atom. The highest BCUT2D eigenvalue weighted by Crippen LogP contribution is 2.64. The van der Waals surface area contributed by atoms with Crippen LogP contribution in [-0.2, 0) is 5.41 Å². The van der Waals surface area contributed by atoms with Crippen LogP contribution in [-0.4, -0.2) is 0 Å². The third kappa shape index (κ3) is 7.73. The number of anilines is 6. The quantitative estimate of drug-likeness (QED) is 0.128. The largest absolute Gasteiger partial charge is 0.454 e. The van der Waals surface area contributed by atoms with E-state index >= 15 is 0 Å². The number of rotatable bonds is 10. The van der Waals surface area contributed by atoms with Gasteiger partial charge in [0, 0.05) is 44.0 Å². The summed E-state index contributed by atoms with van der Waals surface area (Å²) in [5, 5.41) is 11.3. The lowest BCUT2D eigenvalue weighted by Crippen LogP contribution is -2.29. The molecule has 0 radical (unpaired) electrons. The minimum Gasteiger partial charge on any atom is -0.454 e. The van der Waals surface area contributed by atoms with Crippen LogP contribution in [0.1, 0.15) is 22.3 Å². The van der Waals surface area contributed by atoms with Crippen molar-refractivity contribution in [2.75, 3.05) is 9.80 Å². The molecule has 17 aromatic rings. The molecule has 0 unspecified atom stereocenters. The minimum atomic E-state index is -0.845. The summed E-state index contributed by atoms with van der Waals surface area (Å²) in [4.78, 5) is 4.87. The van der Waals surface area contributed by atoms with E-state index in [9.17, 15) is 0 Å². The van der Waals surface area contributed by atoms with Gasteiger partial charge in [0.1, 0.15) is 11.2 Å². The van der Waals surface area contributed by atoms with Crippen molar-refractivity contribution in [2.24, 2.45) is 0 Å². The van der Waals surface area contributed by atoms with Crippen LogP contribution in [0.2, 0.25) is 0 Å². The molecule has 0 saturated carbocycles. The zero-order chi connectivity index (χ0) is 58.6. The van der Waals surface area contributed by atoms with Crippen molar-refractivity contribution in [1.29, 1.82) is 0 Å². The Hall–Kier alpha value is -11.7. The number of para-hydroxylation sites is 4. The van der Waals surface area contributed by atoms with E-state index in [-0.39, 0.29) is 0 Å². The molecule has 0 atom stereocenters. The van der Waals surface area contributed by atoms with Crippen molar-refractivity contribution >= 4 is 110 Å². The summed E-state index contributed by atoms with van der Waals surface area (Å²) in [5.74, 6) is 0. The van der Waals surface area contributed by atoms with Crippen molar-refractivity contribution in [2.45, 2.75) is 5.41 Å². The van der Waals surface area contributed by atoms with Gasteiger partial charge >= 0.3 is 0 Å². The topological polar surface area (TPSA) is 32.8 Å². The average molecular weight is 1140 g/mol. The lowest BCUT2D eigenvalue weighted by Gasteiger charge is -2.36. The fourth-order valence-electron chi connectivity index (χ4n) is 14.9. The van der Waals surface area contributed by atoms with Crippen molar-refractivity contribution in [3.8, 4) is 33.4 Å². The third-order valence-electron chi connectivity index (χ3n) is 18.6. The first kappa shape index (κ1) is 50.6. The van der Waals surface area contributed by atoms with Crippen LogP contribution in [0.5, 0.6) is 0 Å². The molecular weight excluding hydrogens is 1080 g/mol. The van der Waals surface area contributed by atoms with Crippen LogP contribution < -0.4 is 9.80 Å². The molecule has 0 saturated heterocycles. The van der Waals surface area contributed by atoms with Gasteiger partial charge in [0.25, 0.3) is 0 Å². The monoisotopic (exact) mass is 1130 g/mol.